The first-order valence-corrected chi connectivity index (χ1v) is 17.7. The molecular formula is C33H45ClN3O12P. The molecule has 1 heterocycles. The number of carbonyl (C=O) groups excluding carboxylic acids is 4. The number of halogens is 1. The molecule has 50 heavy (non-hydrogen) atoms. The van der Waals surface area contributed by atoms with Gasteiger partial charge in [0.1, 0.15) is 17.4 Å². The Morgan fingerprint density at radius 1 is 1.02 bits per heavy atom. The van der Waals surface area contributed by atoms with E-state index in [-0.39, 0.29) is 43.6 Å². The summed E-state index contributed by atoms with van der Waals surface area (Å²) < 4.78 is 30.3. The number of urea groups is 1. The van der Waals surface area contributed by atoms with Gasteiger partial charge in [0.25, 0.3) is 0 Å². The quantitative estimate of drug-likeness (QED) is 0.111. The monoisotopic (exact) mass is 741 g/mol. The highest BCUT2D eigenvalue weighted by atomic mass is 35.5. The smallest absolute Gasteiger partial charge is 0.427 e. The van der Waals surface area contributed by atoms with Crippen LogP contribution in [0.15, 0.2) is 48.5 Å². The number of likely N-dealkylation sites (tertiary alicyclic amines) is 1. The van der Waals surface area contributed by atoms with E-state index in [1.54, 1.807) is 43.0 Å². The van der Waals surface area contributed by atoms with Gasteiger partial charge in [-0.25, -0.2) is 14.2 Å². The molecule has 0 saturated carbocycles. The summed E-state index contributed by atoms with van der Waals surface area (Å²) in [6, 6.07) is 10.8. The highest BCUT2D eigenvalue weighted by Crippen LogP contribution is 2.46. The van der Waals surface area contributed by atoms with E-state index in [1.807, 2.05) is 13.8 Å². The second-order valence-corrected chi connectivity index (χ2v) is 15.2. The third-order valence-corrected chi connectivity index (χ3v) is 8.93. The lowest BCUT2D eigenvalue weighted by molar-refractivity contribution is -0.155. The van der Waals surface area contributed by atoms with E-state index in [0.717, 1.165) is 0 Å². The molecule has 5 N–H and O–H groups in total. The van der Waals surface area contributed by atoms with Crippen LogP contribution in [-0.2, 0) is 40.4 Å². The first kappa shape index (κ1) is 40.5. The molecule has 0 radical (unpaired) electrons. The summed E-state index contributed by atoms with van der Waals surface area (Å²) >= 11 is 6.04. The lowest BCUT2D eigenvalue weighted by atomic mass is 9.66. The standard InChI is InChI=1S/C33H45ClN3O12P/c1-21(2)27(28(39)37-16-15-33(42,31(3,4)19-37)23-9-11-24(34)12-10-23)36-29(40)35-18-32(5,6)48-30(41)47-20-46-26(38)17-22-7-13-25(14-8-22)49-50(43,44)45/h7-14,21,27,42H,15-20H2,1-6H3,(H2,35,36,40)(H2,43,44,45)/t27-,33+/m1/s1. The molecule has 0 aromatic heterocycles. The summed E-state index contributed by atoms with van der Waals surface area (Å²) in [5, 5.41) is 17.5. The van der Waals surface area contributed by atoms with Crippen LogP contribution in [0.2, 0.25) is 5.02 Å². The molecule has 0 unspecified atom stereocenters. The van der Waals surface area contributed by atoms with Crippen molar-refractivity contribution in [2.24, 2.45) is 11.3 Å². The van der Waals surface area contributed by atoms with Crippen LogP contribution >= 0.6 is 19.4 Å². The Kier molecular flexibility index (Phi) is 13.3. The second kappa shape index (κ2) is 16.4. The van der Waals surface area contributed by atoms with Crippen LogP contribution < -0.4 is 15.2 Å². The molecule has 15 nitrogen and oxygen atoms in total. The summed E-state index contributed by atoms with van der Waals surface area (Å²) in [5.74, 6) is -1.40. The fraction of sp³-hybridized carbons (Fsp3) is 0.515. The maximum Gasteiger partial charge on any atom is 0.524 e. The first-order valence-electron chi connectivity index (χ1n) is 15.8. The van der Waals surface area contributed by atoms with Crippen molar-refractivity contribution in [3.63, 3.8) is 0 Å². The number of benzene rings is 2. The van der Waals surface area contributed by atoms with E-state index in [0.29, 0.717) is 22.6 Å². The normalized spacial score (nSPS) is 18.1. The Morgan fingerprint density at radius 3 is 2.20 bits per heavy atom. The zero-order chi connectivity index (χ0) is 37.5. The lowest BCUT2D eigenvalue weighted by Gasteiger charge is -2.51. The fourth-order valence-electron chi connectivity index (χ4n) is 5.42. The lowest BCUT2D eigenvalue weighted by Crippen LogP contribution is -2.61. The Morgan fingerprint density at radius 2 is 1.64 bits per heavy atom. The number of aliphatic hydroxyl groups is 1. The molecule has 2 atom stereocenters. The van der Waals surface area contributed by atoms with Gasteiger partial charge in [-0.3, -0.25) is 19.4 Å². The maximum atomic E-state index is 13.6. The molecule has 0 spiro atoms. The zero-order valence-corrected chi connectivity index (χ0v) is 30.5. The minimum Gasteiger partial charge on any atom is -0.427 e. The third kappa shape index (κ3) is 11.6. The van der Waals surface area contributed by atoms with Crippen LogP contribution in [0, 0.1) is 11.3 Å². The fourth-order valence-corrected chi connectivity index (χ4v) is 5.95. The third-order valence-electron chi connectivity index (χ3n) is 8.23. The summed E-state index contributed by atoms with van der Waals surface area (Å²) in [6.45, 7) is 10.0. The molecule has 1 fully saturated rings. The number of ether oxygens (including phenoxy) is 3. The average molecular weight is 742 g/mol. The number of esters is 1. The highest BCUT2D eigenvalue weighted by Gasteiger charge is 2.50. The van der Waals surface area contributed by atoms with E-state index >= 15 is 0 Å². The Balaban J connectivity index is 1.44. The van der Waals surface area contributed by atoms with Gasteiger partial charge in [0.2, 0.25) is 12.7 Å². The summed E-state index contributed by atoms with van der Waals surface area (Å²) in [4.78, 5) is 70.1. The highest BCUT2D eigenvalue weighted by molar-refractivity contribution is 7.46. The van der Waals surface area contributed by atoms with E-state index in [9.17, 15) is 28.8 Å². The number of hydrogen-bond acceptors (Lipinski definition) is 10. The molecule has 0 aliphatic carbocycles. The Labute approximate surface area is 295 Å². The van der Waals surface area contributed by atoms with Crippen molar-refractivity contribution < 1.29 is 57.4 Å². The predicted molar refractivity (Wildman–Crippen MR) is 181 cm³/mol. The van der Waals surface area contributed by atoms with Crippen LogP contribution in [0.3, 0.4) is 0 Å². The van der Waals surface area contributed by atoms with E-state index < -0.39 is 55.4 Å². The molecule has 0 bridgehead atoms. The van der Waals surface area contributed by atoms with Gasteiger partial charge in [0.15, 0.2) is 0 Å². The number of phosphoric ester groups is 1. The van der Waals surface area contributed by atoms with Gasteiger partial charge in [-0.05, 0) is 61.6 Å². The van der Waals surface area contributed by atoms with Crippen LogP contribution in [0.1, 0.15) is 59.1 Å². The van der Waals surface area contributed by atoms with Crippen LogP contribution in [0.5, 0.6) is 5.75 Å². The van der Waals surface area contributed by atoms with Gasteiger partial charge in [-0.1, -0.05) is 63.6 Å². The van der Waals surface area contributed by atoms with E-state index in [4.69, 9.17) is 35.6 Å². The zero-order valence-electron chi connectivity index (χ0n) is 28.8. The molecule has 17 heteroatoms. The first-order chi connectivity index (χ1) is 23.1. The van der Waals surface area contributed by atoms with Crippen molar-refractivity contribution in [1.82, 2.24) is 15.5 Å². The number of rotatable bonds is 13. The van der Waals surface area contributed by atoms with Gasteiger partial charge in [-0.15, -0.1) is 0 Å². The minimum atomic E-state index is -4.71. The van der Waals surface area contributed by atoms with Crippen LogP contribution in [-0.4, -0.2) is 81.9 Å². The predicted octanol–water partition coefficient (Wildman–Crippen LogP) is 4.26. The second-order valence-electron chi connectivity index (χ2n) is 13.6. The average Bonchev–Trinajstić information content (AvgIpc) is 3.00. The van der Waals surface area contributed by atoms with Crippen LogP contribution in [0.25, 0.3) is 0 Å². The van der Waals surface area contributed by atoms with Crippen molar-refractivity contribution in [3.8, 4) is 5.75 Å². The molecule has 2 aromatic carbocycles. The topological polar surface area (TPSA) is 210 Å². The number of nitrogens with one attached hydrogen (secondary N) is 2. The minimum absolute atomic E-state index is 0.0865. The summed E-state index contributed by atoms with van der Waals surface area (Å²) in [7, 11) is -4.71. The van der Waals surface area contributed by atoms with Crippen molar-refractivity contribution in [1.29, 1.82) is 0 Å². The molecule has 1 aliphatic rings. The van der Waals surface area contributed by atoms with E-state index in [2.05, 4.69) is 15.2 Å². The Bertz CT molecular complexity index is 1560. The van der Waals surface area contributed by atoms with Gasteiger partial charge in [-0.2, -0.15) is 0 Å². The molecule has 1 saturated heterocycles. The number of amides is 3. The van der Waals surface area contributed by atoms with Crippen molar-refractivity contribution in [2.45, 2.75) is 71.6 Å². The molecule has 276 valence electrons. The van der Waals surface area contributed by atoms with Gasteiger partial charge in [0.05, 0.1) is 18.6 Å². The molecule has 2 aromatic rings. The maximum absolute atomic E-state index is 13.6. The number of carbonyl (C=O) groups is 4. The Hall–Kier alpha value is -3.88. The molecule has 3 rings (SSSR count). The van der Waals surface area contributed by atoms with Gasteiger partial charge < -0.3 is 39.4 Å². The van der Waals surface area contributed by atoms with Crippen molar-refractivity contribution in [3.05, 3.63) is 64.7 Å². The van der Waals surface area contributed by atoms with E-state index in [1.165, 1.54) is 38.1 Å². The number of hydrogen-bond donors (Lipinski definition) is 5. The molecular weight excluding hydrogens is 697 g/mol. The number of piperidine rings is 1. The summed E-state index contributed by atoms with van der Waals surface area (Å²) in [5.41, 5.74) is -2.00. The summed E-state index contributed by atoms with van der Waals surface area (Å²) in [6.07, 6.45) is -1.09. The number of nitrogens with zero attached hydrogens (tertiary/aromatic N) is 1. The van der Waals surface area contributed by atoms with Gasteiger partial charge >= 0.3 is 26.0 Å². The largest absolute Gasteiger partial charge is 0.524 e. The van der Waals surface area contributed by atoms with Crippen molar-refractivity contribution in [2.75, 3.05) is 26.4 Å². The number of phosphoric acid groups is 1. The van der Waals surface area contributed by atoms with Crippen molar-refractivity contribution >= 4 is 43.5 Å². The van der Waals surface area contributed by atoms with Crippen LogP contribution in [0.4, 0.5) is 9.59 Å². The molecule has 3 amide bonds. The molecule has 1 aliphatic heterocycles. The van der Waals surface area contributed by atoms with Gasteiger partial charge in [0, 0.05) is 23.5 Å². The SMILES string of the molecule is CC(C)[C@@H](NC(=O)NCC(C)(C)OC(=O)OCOC(=O)Cc1ccc(OP(=O)(O)O)cc1)C(=O)N1CC[C@](O)(c2ccc(Cl)cc2)C(C)(C)C1.